The lowest BCUT2D eigenvalue weighted by Crippen LogP contribution is -2.21. The molecule has 0 spiro atoms. The van der Waals surface area contributed by atoms with Gasteiger partial charge in [0.1, 0.15) is 12.3 Å². The van der Waals surface area contributed by atoms with Crippen LogP contribution in [0.15, 0.2) is 23.3 Å². The van der Waals surface area contributed by atoms with Gasteiger partial charge < -0.3 is 15.2 Å². The minimum Gasteiger partial charge on any atom is -0.507 e. The van der Waals surface area contributed by atoms with E-state index in [1.807, 2.05) is 22.6 Å². The highest BCUT2D eigenvalue weighted by molar-refractivity contribution is 14.1. The molecule has 2 N–H and O–H groups in total. The largest absolute Gasteiger partial charge is 0.514 e. The number of phenolic OH excluding ortho intramolecular Hbond substituents is 1. The van der Waals surface area contributed by atoms with Gasteiger partial charge in [0.2, 0.25) is 0 Å². The van der Waals surface area contributed by atoms with Crippen molar-refractivity contribution in [3.63, 3.8) is 0 Å². The van der Waals surface area contributed by atoms with Crippen LogP contribution in [0, 0.1) is 13.7 Å². The number of phenols is 1. The van der Waals surface area contributed by atoms with Gasteiger partial charge in [0.25, 0.3) is 5.91 Å². The van der Waals surface area contributed by atoms with E-state index >= 15 is 0 Å². The first kappa shape index (κ1) is 16.7. The molecule has 11 nitrogen and oxygen atoms in total. The van der Waals surface area contributed by atoms with E-state index in [9.17, 15) is 20.0 Å². The van der Waals surface area contributed by atoms with Gasteiger partial charge in [-0.15, -0.1) is 0 Å². The number of carbonyl (C=O) groups is 1. The lowest BCUT2D eigenvalue weighted by Gasteiger charge is -2.04. The first-order chi connectivity index (χ1) is 10.9. The third-order valence-electron chi connectivity index (χ3n) is 2.53. The van der Waals surface area contributed by atoms with Crippen LogP contribution in [0.4, 0.5) is 5.95 Å². The highest BCUT2D eigenvalue weighted by Crippen LogP contribution is 2.19. The minimum absolute atomic E-state index is 0.0133. The second-order valence-electron chi connectivity index (χ2n) is 4.33. The van der Waals surface area contributed by atoms with E-state index in [0.717, 1.165) is 8.37 Å². The van der Waals surface area contributed by atoms with Gasteiger partial charge in [-0.25, -0.2) is 5.43 Å². The summed E-state index contributed by atoms with van der Waals surface area (Å²) >= 11 is 2.01. The summed E-state index contributed by atoms with van der Waals surface area (Å²) < 4.78 is 0.783. The zero-order valence-corrected chi connectivity index (χ0v) is 13.8. The first-order valence-electron chi connectivity index (χ1n) is 6.11. The summed E-state index contributed by atoms with van der Waals surface area (Å²) in [6.07, 6.45) is 0. The Labute approximate surface area is 142 Å². The van der Waals surface area contributed by atoms with Crippen molar-refractivity contribution >= 4 is 40.2 Å². The number of nitro groups is 1. The second-order valence-corrected chi connectivity index (χ2v) is 5.57. The SMILES string of the molecule is C/C(Cn1nnc([N+](=O)[O-])n1)=N/NC(=O)c1cc(I)ccc1O. The molecule has 0 saturated carbocycles. The number of benzene rings is 1. The van der Waals surface area contributed by atoms with Gasteiger partial charge in [0.15, 0.2) is 0 Å². The van der Waals surface area contributed by atoms with Gasteiger partial charge in [-0.05, 0) is 52.6 Å². The number of hydrogen-bond donors (Lipinski definition) is 2. The van der Waals surface area contributed by atoms with Gasteiger partial charge in [-0.1, -0.05) is 4.80 Å². The summed E-state index contributed by atoms with van der Waals surface area (Å²) in [6, 6.07) is 4.58. The van der Waals surface area contributed by atoms with Crippen LogP contribution in [0.2, 0.25) is 0 Å². The third-order valence-corrected chi connectivity index (χ3v) is 3.20. The number of halogens is 1. The van der Waals surface area contributed by atoms with E-state index in [4.69, 9.17) is 0 Å². The Morgan fingerprint density at radius 2 is 2.30 bits per heavy atom. The van der Waals surface area contributed by atoms with E-state index in [-0.39, 0.29) is 17.9 Å². The lowest BCUT2D eigenvalue weighted by atomic mass is 10.2. The maximum atomic E-state index is 11.9. The van der Waals surface area contributed by atoms with Crippen molar-refractivity contribution in [2.45, 2.75) is 13.5 Å². The summed E-state index contributed by atoms with van der Waals surface area (Å²) in [6.45, 7) is 1.59. The van der Waals surface area contributed by atoms with Gasteiger partial charge >= 0.3 is 5.95 Å². The van der Waals surface area contributed by atoms with Gasteiger partial charge in [-0.2, -0.15) is 5.10 Å². The number of nitrogens with one attached hydrogen (secondary N) is 1. The van der Waals surface area contributed by atoms with Crippen LogP contribution in [0.25, 0.3) is 0 Å². The maximum Gasteiger partial charge on any atom is 0.514 e. The lowest BCUT2D eigenvalue weighted by molar-refractivity contribution is -0.394. The molecule has 0 bridgehead atoms. The number of amides is 1. The van der Waals surface area contributed by atoms with E-state index in [1.165, 1.54) is 12.1 Å². The van der Waals surface area contributed by atoms with Gasteiger partial charge in [0.05, 0.1) is 21.5 Å². The predicted octanol–water partition coefficient (Wildman–Crippen LogP) is 0.697. The molecule has 1 aromatic heterocycles. The van der Waals surface area contributed by atoms with Crippen LogP contribution in [0.1, 0.15) is 17.3 Å². The van der Waals surface area contributed by atoms with Crippen molar-refractivity contribution in [3.05, 3.63) is 37.4 Å². The second kappa shape index (κ2) is 7.08. The fourth-order valence-electron chi connectivity index (χ4n) is 1.51. The number of nitrogens with zero attached hydrogens (tertiary/aromatic N) is 6. The number of hydrazone groups is 1. The molecule has 2 aromatic rings. The van der Waals surface area contributed by atoms with Crippen LogP contribution in [0.5, 0.6) is 5.75 Å². The Morgan fingerprint density at radius 1 is 1.57 bits per heavy atom. The molecule has 1 amide bonds. The molecule has 0 radical (unpaired) electrons. The molecule has 0 fully saturated rings. The number of aromatic hydroxyl groups is 1. The highest BCUT2D eigenvalue weighted by atomic mass is 127. The summed E-state index contributed by atoms with van der Waals surface area (Å²) in [5.41, 5.74) is 2.75. The summed E-state index contributed by atoms with van der Waals surface area (Å²) in [5, 5.41) is 34.2. The Kier molecular flexibility index (Phi) is 5.15. The standard InChI is InChI=1S/C11H10IN7O4/c1-6(5-18-16-11(15-17-18)19(22)23)13-14-10(21)8-4-7(12)2-3-9(8)20/h2-4,20H,5H2,1H3,(H,14,21)/b13-6-. The number of carbonyl (C=O) groups excluding carboxylic acids is 1. The summed E-state index contributed by atoms with van der Waals surface area (Å²) in [4.78, 5) is 22.6. The van der Waals surface area contributed by atoms with Gasteiger partial charge in [0, 0.05) is 8.78 Å². The Hall–Kier alpha value is -2.64. The topological polar surface area (TPSA) is 148 Å². The quantitative estimate of drug-likeness (QED) is 0.306. The first-order valence-corrected chi connectivity index (χ1v) is 7.19. The fourth-order valence-corrected chi connectivity index (χ4v) is 2.00. The average molecular weight is 431 g/mol. The average Bonchev–Trinajstić information content (AvgIpc) is 2.96. The predicted molar refractivity (Wildman–Crippen MR) is 85.9 cm³/mol. The number of tetrazole rings is 1. The fraction of sp³-hybridized carbons (Fsp3) is 0.182. The number of rotatable bonds is 5. The molecule has 0 aliphatic heterocycles. The maximum absolute atomic E-state index is 11.9. The molecule has 2 rings (SSSR count). The number of aromatic nitrogens is 4. The molecule has 0 aliphatic carbocycles. The molecule has 0 unspecified atom stereocenters. The van der Waals surface area contributed by atoms with Crippen molar-refractivity contribution in [1.82, 2.24) is 25.6 Å². The zero-order valence-electron chi connectivity index (χ0n) is 11.7. The normalized spacial score (nSPS) is 11.3. The molecule has 1 aromatic carbocycles. The molecule has 120 valence electrons. The summed E-state index contributed by atoms with van der Waals surface area (Å²) in [7, 11) is 0. The highest BCUT2D eigenvalue weighted by Gasteiger charge is 2.16. The van der Waals surface area contributed by atoms with Crippen LogP contribution in [-0.4, -0.2) is 41.9 Å². The van der Waals surface area contributed by atoms with Crippen molar-refractivity contribution < 1.29 is 14.8 Å². The van der Waals surface area contributed by atoms with Crippen molar-refractivity contribution in [1.29, 1.82) is 0 Å². The van der Waals surface area contributed by atoms with Crippen molar-refractivity contribution in [3.8, 4) is 5.75 Å². The monoisotopic (exact) mass is 431 g/mol. The molecular weight excluding hydrogens is 421 g/mol. The zero-order chi connectivity index (χ0) is 17.0. The minimum atomic E-state index is -0.766. The number of hydrogen-bond acceptors (Lipinski definition) is 8. The molecule has 0 saturated heterocycles. The van der Waals surface area contributed by atoms with Crippen molar-refractivity contribution in [2.75, 3.05) is 0 Å². The van der Waals surface area contributed by atoms with Crippen LogP contribution < -0.4 is 5.43 Å². The van der Waals surface area contributed by atoms with E-state index in [1.54, 1.807) is 13.0 Å². The Bertz CT molecular complexity index is 788. The van der Waals surface area contributed by atoms with Crippen LogP contribution >= 0.6 is 22.6 Å². The Morgan fingerprint density at radius 3 is 2.96 bits per heavy atom. The molecule has 23 heavy (non-hydrogen) atoms. The van der Waals surface area contributed by atoms with E-state index in [2.05, 4.69) is 25.9 Å². The van der Waals surface area contributed by atoms with Crippen LogP contribution in [0.3, 0.4) is 0 Å². The van der Waals surface area contributed by atoms with E-state index < -0.39 is 16.8 Å². The molecule has 0 atom stereocenters. The third kappa shape index (κ3) is 4.41. The molecular formula is C11H10IN7O4. The van der Waals surface area contributed by atoms with E-state index in [0.29, 0.717) is 5.71 Å². The summed E-state index contributed by atoms with van der Waals surface area (Å²) in [5.74, 6) is -1.37. The molecule has 1 heterocycles. The Balaban J connectivity index is 2.02. The van der Waals surface area contributed by atoms with Crippen LogP contribution in [-0.2, 0) is 6.54 Å². The van der Waals surface area contributed by atoms with Crippen molar-refractivity contribution in [2.24, 2.45) is 5.10 Å². The van der Waals surface area contributed by atoms with Gasteiger partial charge in [-0.3, -0.25) is 4.79 Å². The molecule has 0 aliphatic rings. The molecule has 12 heteroatoms. The smallest absolute Gasteiger partial charge is 0.507 e.